The minimum atomic E-state index is -0.481. The van der Waals surface area contributed by atoms with Crippen molar-refractivity contribution in [3.8, 4) is 5.75 Å². The van der Waals surface area contributed by atoms with Crippen LogP contribution in [0.5, 0.6) is 5.75 Å². The monoisotopic (exact) mass is 429 g/mol. The van der Waals surface area contributed by atoms with E-state index >= 15 is 0 Å². The van der Waals surface area contributed by atoms with Gasteiger partial charge in [-0.05, 0) is 29.8 Å². The topological polar surface area (TPSA) is 76.4 Å². The van der Waals surface area contributed by atoms with Gasteiger partial charge in [0.15, 0.2) is 0 Å². The Kier molecular flexibility index (Phi) is 7.59. The number of non-ortho nitro benzene ring substituents is 1. The molecule has 3 rings (SSSR count). The fourth-order valence-electron chi connectivity index (χ4n) is 2.80. The van der Waals surface area contributed by atoms with Gasteiger partial charge < -0.3 is 15.4 Å². The molecule has 0 atom stereocenters. The van der Waals surface area contributed by atoms with Crippen molar-refractivity contribution in [3.05, 3.63) is 98.8 Å². The Morgan fingerprint density at radius 2 is 1.87 bits per heavy atom. The normalized spacial score (nSPS) is 10.6. The van der Waals surface area contributed by atoms with Crippen LogP contribution in [0, 0.1) is 15.9 Å². The number of nitrogens with one attached hydrogen (secondary N) is 2. The molecule has 0 aromatic heterocycles. The zero-order chi connectivity index (χ0) is 21.3. The van der Waals surface area contributed by atoms with Crippen molar-refractivity contribution in [3.63, 3.8) is 0 Å². The van der Waals surface area contributed by atoms with Crippen LogP contribution in [0.3, 0.4) is 0 Å². The van der Waals surface area contributed by atoms with Gasteiger partial charge in [-0.1, -0.05) is 41.9 Å². The predicted octanol–water partition coefficient (Wildman–Crippen LogP) is 5.17. The van der Waals surface area contributed by atoms with E-state index in [0.717, 1.165) is 5.56 Å². The second-order valence-electron chi connectivity index (χ2n) is 6.55. The first-order valence-corrected chi connectivity index (χ1v) is 9.74. The molecule has 0 saturated heterocycles. The summed E-state index contributed by atoms with van der Waals surface area (Å²) in [5, 5.41) is 17.5. The lowest BCUT2D eigenvalue weighted by Gasteiger charge is -2.11. The fraction of sp³-hybridized carbons (Fsp3) is 0.182. The predicted molar refractivity (Wildman–Crippen MR) is 115 cm³/mol. The molecule has 0 aliphatic rings. The third-order valence-corrected chi connectivity index (χ3v) is 4.67. The van der Waals surface area contributed by atoms with E-state index in [9.17, 15) is 14.5 Å². The first-order valence-electron chi connectivity index (χ1n) is 9.36. The molecule has 3 aromatic carbocycles. The van der Waals surface area contributed by atoms with Gasteiger partial charge >= 0.3 is 0 Å². The molecule has 0 aliphatic heterocycles. The van der Waals surface area contributed by atoms with Crippen molar-refractivity contribution in [1.82, 2.24) is 5.32 Å². The summed E-state index contributed by atoms with van der Waals surface area (Å²) in [6, 6.07) is 18.5. The summed E-state index contributed by atoms with van der Waals surface area (Å²) in [7, 11) is 0. The lowest BCUT2D eigenvalue weighted by atomic mass is 10.2. The van der Waals surface area contributed by atoms with Crippen molar-refractivity contribution in [2.24, 2.45) is 0 Å². The molecule has 0 saturated carbocycles. The average Bonchev–Trinajstić information content (AvgIpc) is 2.74. The molecule has 0 fully saturated rings. The van der Waals surface area contributed by atoms with Gasteiger partial charge in [0.2, 0.25) is 0 Å². The van der Waals surface area contributed by atoms with E-state index < -0.39 is 4.92 Å². The molecule has 0 heterocycles. The fourth-order valence-corrected chi connectivity index (χ4v) is 3.04. The summed E-state index contributed by atoms with van der Waals surface area (Å²) in [5.41, 5.74) is 2.15. The number of halogens is 2. The molecule has 156 valence electrons. The van der Waals surface area contributed by atoms with Crippen LogP contribution in [0.4, 0.5) is 15.8 Å². The molecular formula is C22H21ClFN3O3. The van der Waals surface area contributed by atoms with Crippen LogP contribution in [-0.2, 0) is 13.2 Å². The first-order chi connectivity index (χ1) is 14.5. The molecule has 8 heteroatoms. The van der Waals surface area contributed by atoms with Crippen molar-refractivity contribution in [1.29, 1.82) is 0 Å². The van der Waals surface area contributed by atoms with Gasteiger partial charge in [-0.2, -0.15) is 0 Å². The Labute approximate surface area is 178 Å². The van der Waals surface area contributed by atoms with Crippen LogP contribution in [0.2, 0.25) is 5.02 Å². The molecule has 30 heavy (non-hydrogen) atoms. The average molecular weight is 430 g/mol. The number of benzene rings is 3. The number of rotatable bonds is 10. The van der Waals surface area contributed by atoms with E-state index in [1.165, 1.54) is 18.2 Å². The molecule has 0 bridgehead atoms. The zero-order valence-corrected chi connectivity index (χ0v) is 16.9. The van der Waals surface area contributed by atoms with Gasteiger partial charge in [0, 0.05) is 37.3 Å². The highest BCUT2D eigenvalue weighted by Crippen LogP contribution is 2.26. The minimum absolute atomic E-state index is 0.0409. The number of nitrogens with zero attached hydrogens (tertiary/aromatic N) is 1. The molecule has 0 radical (unpaired) electrons. The highest BCUT2D eigenvalue weighted by Gasteiger charge is 2.09. The zero-order valence-electron chi connectivity index (χ0n) is 16.1. The van der Waals surface area contributed by atoms with E-state index in [4.69, 9.17) is 16.3 Å². The summed E-state index contributed by atoms with van der Waals surface area (Å²) in [4.78, 5) is 10.3. The second kappa shape index (κ2) is 10.6. The Hall–Kier alpha value is -3.16. The number of ether oxygens (including phenoxy) is 1. The van der Waals surface area contributed by atoms with Crippen LogP contribution >= 0.6 is 11.6 Å². The van der Waals surface area contributed by atoms with Gasteiger partial charge in [0.05, 0.1) is 15.6 Å². The Bertz CT molecular complexity index is 1020. The minimum Gasteiger partial charge on any atom is -0.489 e. The van der Waals surface area contributed by atoms with Crippen LogP contribution in [0.15, 0.2) is 66.7 Å². The summed E-state index contributed by atoms with van der Waals surface area (Å²) in [6.07, 6.45) is 0. The highest BCUT2D eigenvalue weighted by atomic mass is 35.5. The van der Waals surface area contributed by atoms with Crippen LogP contribution in [-0.4, -0.2) is 18.0 Å². The van der Waals surface area contributed by atoms with Crippen LogP contribution in [0.25, 0.3) is 0 Å². The van der Waals surface area contributed by atoms with Crippen molar-refractivity contribution in [2.75, 3.05) is 18.4 Å². The SMILES string of the molecule is O=[N+]([O-])c1ccc(NCCNCc2cccc(OCc3ccccc3F)c2)c(Cl)c1. The maximum atomic E-state index is 13.7. The first kappa shape index (κ1) is 21.5. The molecule has 0 aliphatic carbocycles. The summed E-state index contributed by atoms with van der Waals surface area (Å²) < 4.78 is 19.4. The van der Waals surface area contributed by atoms with E-state index in [-0.39, 0.29) is 18.1 Å². The van der Waals surface area contributed by atoms with Gasteiger partial charge in [-0.3, -0.25) is 10.1 Å². The lowest BCUT2D eigenvalue weighted by molar-refractivity contribution is -0.384. The number of hydrogen-bond donors (Lipinski definition) is 2. The van der Waals surface area contributed by atoms with Gasteiger partial charge in [0.25, 0.3) is 5.69 Å². The van der Waals surface area contributed by atoms with E-state index in [0.29, 0.717) is 41.7 Å². The van der Waals surface area contributed by atoms with Gasteiger partial charge in [-0.25, -0.2) is 4.39 Å². The smallest absolute Gasteiger partial charge is 0.271 e. The molecule has 0 unspecified atom stereocenters. The maximum absolute atomic E-state index is 13.7. The van der Waals surface area contributed by atoms with E-state index in [1.54, 1.807) is 24.3 Å². The molecule has 0 amide bonds. The number of nitro groups is 1. The number of nitro benzene ring substituents is 1. The highest BCUT2D eigenvalue weighted by molar-refractivity contribution is 6.33. The van der Waals surface area contributed by atoms with Gasteiger partial charge in [-0.15, -0.1) is 0 Å². The maximum Gasteiger partial charge on any atom is 0.271 e. The number of hydrogen-bond acceptors (Lipinski definition) is 5. The summed E-state index contributed by atoms with van der Waals surface area (Å²) >= 11 is 6.06. The van der Waals surface area contributed by atoms with Crippen molar-refractivity contribution < 1.29 is 14.1 Å². The third-order valence-electron chi connectivity index (χ3n) is 4.36. The summed E-state index contributed by atoms with van der Waals surface area (Å²) in [5.74, 6) is 0.393. The molecular weight excluding hydrogens is 409 g/mol. The van der Waals surface area contributed by atoms with Crippen molar-refractivity contribution in [2.45, 2.75) is 13.2 Å². The molecule has 2 N–H and O–H groups in total. The van der Waals surface area contributed by atoms with Crippen LogP contribution < -0.4 is 15.4 Å². The van der Waals surface area contributed by atoms with E-state index in [2.05, 4.69) is 10.6 Å². The molecule has 6 nitrogen and oxygen atoms in total. The Morgan fingerprint density at radius 1 is 1.03 bits per heavy atom. The Balaban J connectivity index is 1.42. The molecule has 3 aromatic rings. The Morgan fingerprint density at radius 3 is 2.63 bits per heavy atom. The second-order valence-corrected chi connectivity index (χ2v) is 6.96. The standard InChI is InChI=1S/C22H21ClFN3O3/c23-20-13-18(27(28)29)8-9-22(20)26-11-10-25-14-16-4-3-6-19(12-16)30-15-17-5-1-2-7-21(17)24/h1-9,12-13,25-26H,10-11,14-15H2. The van der Waals surface area contributed by atoms with Crippen LogP contribution in [0.1, 0.15) is 11.1 Å². The lowest BCUT2D eigenvalue weighted by Crippen LogP contribution is -2.21. The van der Waals surface area contributed by atoms with Crippen molar-refractivity contribution >= 4 is 23.0 Å². The van der Waals surface area contributed by atoms with E-state index in [1.807, 2.05) is 24.3 Å². The summed E-state index contributed by atoms with van der Waals surface area (Å²) in [6.45, 7) is 2.06. The number of anilines is 1. The van der Waals surface area contributed by atoms with Gasteiger partial charge in [0.1, 0.15) is 18.2 Å². The third kappa shape index (κ3) is 6.17. The quantitative estimate of drug-likeness (QED) is 0.264. The molecule has 0 spiro atoms. The largest absolute Gasteiger partial charge is 0.489 e.